The summed E-state index contributed by atoms with van der Waals surface area (Å²) in [5.74, 6) is 0.766. The first kappa shape index (κ1) is 9.92. The Bertz CT molecular complexity index is 490. The van der Waals surface area contributed by atoms with Gasteiger partial charge >= 0.3 is 0 Å². The number of carbonyl (C=O) groups excluding carboxylic acids is 1. The number of halogens is 1. The number of thiophene rings is 1. The molecular formula is C10H7IO2S. The summed E-state index contributed by atoms with van der Waals surface area (Å²) in [7, 11) is 1.62. The van der Waals surface area contributed by atoms with Gasteiger partial charge in [-0.15, -0.1) is 11.3 Å². The molecule has 0 bridgehead atoms. The normalized spacial score (nSPS) is 10.4. The minimum atomic E-state index is 0.693. The first-order chi connectivity index (χ1) is 6.77. The lowest BCUT2D eigenvalue weighted by Crippen LogP contribution is -1.90. The van der Waals surface area contributed by atoms with Crippen LogP contribution < -0.4 is 4.74 Å². The molecule has 0 spiro atoms. The molecule has 0 aliphatic rings. The number of benzene rings is 1. The van der Waals surface area contributed by atoms with Crippen LogP contribution in [-0.2, 0) is 0 Å². The fourth-order valence-corrected chi connectivity index (χ4v) is 3.25. The molecule has 2 rings (SSSR count). The van der Waals surface area contributed by atoms with Crippen molar-refractivity contribution in [3.8, 4) is 5.75 Å². The Morgan fingerprint density at radius 3 is 3.00 bits per heavy atom. The third kappa shape index (κ3) is 1.42. The standard InChI is InChI=1S/C10H7IO2S/c1-13-8-4-6(5-12)7-2-3-14-10(7)9(8)11/h2-5H,1H3. The minimum Gasteiger partial charge on any atom is -0.496 e. The van der Waals surface area contributed by atoms with E-state index in [1.54, 1.807) is 24.5 Å². The lowest BCUT2D eigenvalue weighted by molar-refractivity contribution is 0.112. The fraction of sp³-hybridized carbons (Fsp3) is 0.100. The van der Waals surface area contributed by atoms with Crippen LogP contribution in [0, 0.1) is 3.57 Å². The van der Waals surface area contributed by atoms with Crippen molar-refractivity contribution >= 4 is 50.3 Å². The number of carbonyl (C=O) groups is 1. The summed E-state index contributed by atoms with van der Waals surface area (Å²) in [6, 6.07) is 3.75. The van der Waals surface area contributed by atoms with Gasteiger partial charge in [0.15, 0.2) is 6.29 Å². The summed E-state index contributed by atoms with van der Waals surface area (Å²) in [6.45, 7) is 0. The molecule has 0 fully saturated rings. The molecule has 72 valence electrons. The van der Waals surface area contributed by atoms with Crippen molar-refractivity contribution < 1.29 is 9.53 Å². The molecule has 0 aliphatic heterocycles. The Hall–Kier alpha value is -0.620. The summed E-state index contributed by atoms with van der Waals surface area (Å²) in [4.78, 5) is 10.8. The minimum absolute atomic E-state index is 0.693. The number of methoxy groups -OCH3 is 1. The van der Waals surface area contributed by atoms with Crippen molar-refractivity contribution in [2.45, 2.75) is 0 Å². The van der Waals surface area contributed by atoms with Gasteiger partial charge in [0.2, 0.25) is 0 Å². The van der Waals surface area contributed by atoms with Gasteiger partial charge < -0.3 is 4.74 Å². The van der Waals surface area contributed by atoms with Crippen LogP contribution in [0.3, 0.4) is 0 Å². The van der Waals surface area contributed by atoms with E-state index in [-0.39, 0.29) is 0 Å². The second-order valence-corrected chi connectivity index (χ2v) is 4.76. The number of ether oxygens (including phenoxy) is 1. The van der Waals surface area contributed by atoms with E-state index in [1.807, 2.05) is 11.4 Å². The Morgan fingerprint density at radius 2 is 2.36 bits per heavy atom. The molecule has 0 amide bonds. The molecule has 0 saturated carbocycles. The van der Waals surface area contributed by atoms with Crippen LogP contribution in [0.5, 0.6) is 5.75 Å². The molecule has 0 aliphatic carbocycles. The summed E-state index contributed by atoms with van der Waals surface area (Å²) >= 11 is 3.86. The quantitative estimate of drug-likeness (QED) is 0.627. The molecule has 0 N–H and O–H groups in total. The van der Waals surface area contributed by atoms with Gasteiger partial charge in [0, 0.05) is 10.9 Å². The highest BCUT2D eigenvalue weighted by molar-refractivity contribution is 14.1. The van der Waals surface area contributed by atoms with E-state index in [0.29, 0.717) is 5.56 Å². The van der Waals surface area contributed by atoms with Crippen LogP contribution in [-0.4, -0.2) is 13.4 Å². The molecule has 2 aromatic rings. The molecule has 0 atom stereocenters. The number of fused-ring (bicyclic) bond motifs is 1. The van der Waals surface area contributed by atoms with Crippen LogP contribution in [0.4, 0.5) is 0 Å². The molecule has 0 radical (unpaired) electrons. The van der Waals surface area contributed by atoms with E-state index in [0.717, 1.165) is 25.7 Å². The van der Waals surface area contributed by atoms with Crippen molar-refractivity contribution in [3.05, 3.63) is 26.6 Å². The molecule has 0 unspecified atom stereocenters. The smallest absolute Gasteiger partial charge is 0.150 e. The van der Waals surface area contributed by atoms with Gasteiger partial charge in [-0.05, 0) is 40.1 Å². The third-order valence-electron chi connectivity index (χ3n) is 2.03. The molecule has 1 aromatic heterocycles. The second kappa shape index (κ2) is 3.86. The largest absolute Gasteiger partial charge is 0.496 e. The van der Waals surface area contributed by atoms with Crippen LogP contribution in [0.2, 0.25) is 0 Å². The zero-order chi connectivity index (χ0) is 10.1. The van der Waals surface area contributed by atoms with E-state index in [4.69, 9.17) is 4.74 Å². The first-order valence-corrected chi connectivity index (χ1v) is 5.92. The maximum Gasteiger partial charge on any atom is 0.150 e. The molecule has 4 heteroatoms. The van der Waals surface area contributed by atoms with Crippen LogP contribution in [0.15, 0.2) is 17.5 Å². The van der Waals surface area contributed by atoms with E-state index >= 15 is 0 Å². The maximum absolute atomic E-state index is 10.8. The van der Waals surface area contributed by atoms with Gasteiger partial charge in [-0.2, -0.15) is 0 Å². The van der Waals surface area contributed by atoms with Crippen LogP contribution >= 0.6 is 33.9 Å². The van der Waals surface area contributed by atoms with E-state index < -0.39 is 0 Å². The highest BCUT2D eigenvalue weighted by Crippen LogP contribution is 2.35. The Balaban J connectivity index is 2.86. The summed E-state index contributed by atoms with van der Waals surface area (Å²) in [5, 5.41) is 2.99. The average molecular weight is 318 g/mol. The molecule has 0 saturated heterocycles. The predicted octanol–water partition coefficient (Wildman–Crippen LogP) is 3.33. The van der Waals surface area contributed by atoms with Gasteiger partial charge in [0.05, 0.1) is 15.4 Å². The van der Waals surface area contributed by atoms with Gasteiger partial charge in [0.1, 0.15) is 5.75 Å². The molecule has 14 heavy (non-hydrogen) atoms. The number of hydrogen-bond donors (Lipinski definition) is 0. The predicted molar refractivity (Wildman–Crippen MR) is 66.5 cm³/mol. The first-order valence-electron chi connectivity index (χ1n) is 3.96. The van der Waals surface area contributed by atoms with Crippen LogP contribution in [0.1, 0.15) is 10.4 Å². The van der Waals surface area contributed by atoms with Crippen molar-refractivity contribution in [2.75, 3.05) is 7.11 Å². The number of rotatable bonds is 2. The highest BCUT2D eigenvalue weighted by atomic mass is 127. The molecule has 1 heterocycles. The third-order valence-corrected chi connectivity index (χ3v) is 4.39. The van der Waals surface area contributed by atoms with Gasteiger partial charge in [-0.25, -0.2) is 0 Å². The zero-order valence-corrected chi connectivity index (χ0v) is 10.4. The summed E-state index contributed by atoms with van der Waals surface area (Å²) < 4.78 is 7.39. The average Bonchev–Trinajstić information content (AvgIpc) is 2.68. The van der Waals surface area contributed by atoms with Crippen molar-refractivity contribution in [3.63, 3.8) is 0 Å². The van der Waals surface area contributed by atoms with E-state index in [9.17, 15) is 4.79 Å². The molecular weight excluding hydrogens is 311 g/mol. The lowest BCUT2D eigenvalue weighted by atomic mass is 10.1. The van der Waals surface area contributed by atoms with E-state index in [1.165, 1.54) is 0 Å². The Morgan fingerprint density at radius 1 is 1.57 bits per heavy atom. The molecule has 2 nitrogen and oxygen atoms in total. The summed E-state index contributed by atoms with van der Waals surface area (Å²) in [6.07, 6.45) is 0.869. The highest BCUT2D eigenvalue weighted by Gasteiger charge is 2.10. The van der Waals surface area contributed by atoms with Crippen LogP contribution in [0.25, 0.3) is 10.1 Å². The zero-order valence-electron chi connectivity index (χ0n) is 7.41. The Labute approximate surface area is 99.0 Å². The van der Waals surface area contributed by atoms with E-state index in [2.05, 4.69) is 22.6 Å². The topological polar surface area (TPSA) is 26.3 Å². The molecule has 1 aromatic carbocycles. The number of hydrogen-bond acceptors (Lipinski definition) is 3. The SMILES string of the molecule is COc1cc(C=O)c2ccsc2c1I. The Kier molecular flexibility index (Phi) is 2.73. The number of aldehydes is 1. The van der Waals surface area contributed by atoms with Crippen molar-refractivity contribution in [1.29, 1.82) is 0 Å². The second-order valence-electron chi connectivity index (χ2n) is 2.76. The van der Waals surface area contributed by atoms with Crippen molar-refractivity contribution in [1.82, 2.24) is 0 Å². The maximum atomic E-state index is 10.8. The van der Waals surface area contributed by atoms with Gasteiger partial charge in [-0.1, -0.05) is 0 Å². The monoisotopic (exact) mass is 318 g/mol. The fourth-order valence-electron chi connectivity index (χ4n) is 1.35. The van der Waals surface area contributed by atoms with Gasteiger partial charge in [-0.3, -0.25) is 4.79 Å². The van der Waals surface area contributed by atoms with Crippen molar-refractivity contribution in [2.24, 2.45) is 0 Å². The lowest BCUT2D eigenvalue weighted by Gasteiger charge is -2.05. The van der Waals surface area contributed by atoms with Gasteiger partial charge in [0.25, 0.3) is 0 Å². The summed E-state index contributed by atoms with van der Waals surface area (Å²) in [5.41, 5.74) is 0.693.